The van der Waals surface area contributed by atoms with E-state index in [0.29, 0.717) is 0 Å². The standard InChI is InChI=1S/C10H17F3O4S/c1-4-17-8(14)9(2,3)18(15,16)7-5-6-10(11,12)13/h4-7H2,1-3H3. The number of sulfone groups is 1. The Hall–Kier alpha value is -0.790. The molecule has 8 heteroatoms. The number of hydrogen-bond donors (Lipinski definition) is 0. The van der Waals surface area contributed by atoms with Crippen molar-refractivity contribution in [3.8, 4) is 0 Å². The second kappa shape index (κ2) is 5.90. The zero-order valence-electron chi connectivity index (χ0n) is 10.5. The highest BCUT2D eigenvalue weighted by molar-refractivity contribution is 7.93. The summed E-state index contributed by atoms with van der Waals surface area (Å²) >= 11 is 0. The summed E-state index contributed by atoms with van der Waals surface area (Å²) in [5, 5.41) is 0. The van der Waals surface area contributed by atoms with Gasteiger partial charge in [-0.2, -0.15) is 13.2 Å². The normalized spacial score (nSPS) is 13.4. The predicted octanol–water partition coefficient (Wildman–Crippen LogP) is 2.09. The van der Waals surface area contributed by atoms with Gasteiger partial charge in [-0.3, -0.25) is 4.79 Å². The highest BCUT2D eigenvalue weighted by atomic mass is 32.2. The number of alkyl halides is 3. The maximum Gasteiger partial charge on any atom is 0.389 e. The lowest BCUT2D eigenvalue weighted by molar-refractivity contribution is -0.145. The molecule has 0 unspecified atom stereocenters. The number of esters is 1. The molecule has 0 N–H and O–H groups in total. The van der Waals surface area contributed by atoms with Crippen LogP contribution < -0.4 is 0 Å². The monoisotopic (exact) mass is 290 g/mol. The van der Waals surface area contributed by atoms with E-state index in [9.17, 15) is 26.4 Å². The third-order valence-electron chi connectivity index (χ3n) is 2.42. The van der Waals surface area contributed by atoms with Crippen LogP contribution in [0.25, 0.3) is 0 Å². The average Bonchev–Trinajstić information content (AvgIpc) is 2.15. The quantitative estimate of drug-likeness (QED) is 0.703. The van der Waals surface area contributed by atoms with Crippen LogP contribution in [-0.4, -0.2) is 37.7 Å². The largest absolute Gasteiger partial charge is 0.465 e. The minimum Gasteiger partial charge on any atom is -0.465 e. The van der Waals surface area contributed by atoms with Gasteiger partial charge in [0.2, 0.25) is 0 Å². The molecule has 0 aliphatic heterocycles. The van der Waals surface area contributed by atoms with Gasteiger partial charge in [-0.05, 0) is 27.2 Å². The molecule has 4 nitrogen and oxygen atoms in total. The first-order valence-corrected chi connectivity index (χ1v) is 7.05. The molecule has 0 rings (SSSR count). The third-order valence-corrected chi connectivity index (χ3v) is 4.97. The molecule has 0 saturated heterocycles. The molecule has 0 fully saturated rings. The van der Waals surface area contributed by atoms with Gasteiger partial charge < -0.3 is 4.74 Å². The Bertz CT molecular complexity index is 384. The number of carbonyl (C=O) groups is 1. The predicted molar refractivity (Wildman–Crippen MR) is 59.8 cm³/mol. The molecule has 0 aromatic carbocycles. The molecule has 0 aromatic rings. The fourth-order valence-corrected chi connectivity index (χ4v) is 2.50. The van der Waals surface area contributed by atoms with E-state index in [1.165, 1.54) is 6.92 Å². The Kier molecular flexibility index (Phi) is 5.64. The summed E-state index contributed by atoms with van der Waals surface area (Å²) in [5.74, 6) is -1.64. The van der Waals surface area contributed by atoms with Crippen LogP contribution in [0.4, 0.5) is 13.2 Å². The van der Waals surface area contributed by atoms with E-state index in [2.05, 4.69) is 4.74 Å². The van der Waals surface area contributed by atoms with E-state index in [1.54, 1.807) is 0 Å². The molecule has 0 aliphatic carbocycles. The second-order valence-electron chi connectivity index (χ2n) is 4.27. The van der Waals surface area contributed by atoms with Crippen LogP contribution in [0.5, 0.6) is 0 Å². The third kappa shape index (κ3) is 4.83. The molecule has 0 bridgehead atoms. The number of halogens is 3. The summed E-state index contributed by atoms with van der Waals surface area (Å²) in [6.07, 6.45) is -6.15. The Balaban J connectivity index is 4.67. The van der Waals surface area contributed by atoms with E-state index in [-0.39, 0.29) is 6.61 Å². The molecule has 18 heavy (non-hydrogen) atoms. The molecule has 0 amide bonds. The number of carbonyl (C=O) groups excluding carboxylic acids is 1. The van der Waals surface area contributed by atoms with Gasteiger partial charge in [-0.25, -0.2) is 8.42 Å². The topological polar surface area (TPSA) is 60.4 Å². The fourth-order valence-electron chi connectivity index (χ4n) is 1.15. The summed E-state index contributed by atoms with van der Waals surface area (Å²) < 4.78 is 62.1. The lowest BCUT2D eigenvalue weighted by atomic mass is 10.2. The number of ether oxygens (including phenoxy) is 1. The molecule has 0 aromatic heterocycles. The van der Waals surface area contributed by atoms with E-state index >= 15 is 0 Å². The first-order chi connectivity index (χ1) is 7.94. The average molecular weight is 290 g/mol. The number of hydrogen-bond acceptors (Lipinski definition) is 4. The first-order valence-electron chi connectivity index (χ1n) is 5.40. The van der Waals surface area contributed by atoms with Crippen molar-refractivity contribution in [3.63, 3.8) is 0 Å². The Morgan fingerprint density at radius 2 is 1.72 bits per heavy atom. The van der Waals surface area contributed by atoms with E-state index in [1.807, 2.05) is 0 Å². The van der Waals surface area contributed by atoms with Crippen LogP contribution in [0.3, 0.4) is 0 Å². The van der Waals surface area contributed by atoms with Crippen molar-refractivity contribution in [2.45, 2.75) is 44.5 Å². The molecule has 0 atom stereocenters. The molecular weight excluding hydrogens is 273 g/mol. The summed E-state index contributed by atoms with van der Waals surface area (Å²) in [5.41, 5.74) is 0. The zero-order chi connectivity index (χ0) is 14.6. The highest BCUT2D eigenvalue weighted by Crippen LogP contribution is 2.25. The Labute approximate surface area is 104 Å². The van der Waals surface area contributed by atoms with Crippen LogP contribution in [0.2, 0.25) is 0 Å². The maximum absolute atomic E-state index is 11.9. The molecular formula is C10H17F3O4S. The molecule has 0 heterocycles. The molecule has 0 saturated carbocycles. The number of rotatable bonds is 6. The minimum atomic E-state index is -4.40. The van der Waals surface area contributed by atoms with E-state index < -0.39 is 45.3 Å². The van der Waals surface area contributed by atoms with Crippen molar-refractivity contribution in [2.75, 3.05) is 12.4 Å². The van der Waals surface area contributed by atoms with Crippen LogP contribution in [0, 0.1) is 0 Å². The Morgan fingerprint density at radius 3 is 2.11 bits per heavy atom. The van der Waals surface area contributed by atoms with Gasteiger partial charge in [0.1, 0.15) is 0 Å². The van der Waals surface area contributed by atoms with Gasteiger partial charge in [0.05, 0.1) is 12.4 Å². The van der Waals surface area contributed by atoms with Gasteiger partial charge >= 0.3 is 12.1 Å². The van der Waals surface area contributed by atoms with Crippen LogP contribution >= 0.6 is 0 Å². The van der Waals surface area contributed by atoms with Crippen LogP contribution in [0.15, 0.2) is 0 Å². The van der Waals surface area contributed by atoms with E-state index in [4.69, 9.17) is 0 Å². The first kappa shape index (κ1) is 17.2. The van der Waals surface area contributed by atoms with Crippen molar-refractivity contribution >= 4 is 15.8 Å². The summed E-state index contributed by atoms with van der Waals surface area (Å²) in [6, 6.07) is 0. The van der Waals surface area contributed by atoms with Crippen LogP contribution in [-0.2, 0) is 19.4 Å². The summed E-state index contributed by atoms with van der Waals surface area (Å²) in [4.78, 5) is 11.4. The second-order valence-corrected chi connectivity index (χ2v) is 6.93. The SMILES string of the molecule is CCOC(=O)C(C)(C)S(=O)(=O)CCCC(F)(F)F. The van der Waals surface area contributed by atoms with Crippen LogP contribution in [0.1, 0.15) is 33.6 Å². The van der Waals surface area contributed by atoms with Gasteiger partial charge in [-0.1, -0.05) is 0 Å². The van der Waals surface area contributed by atoms with E-state index in [0.717, 1.165) is 13.8 Å². The van der Waals surface area contributed by atoms with Gasteiger partial charge in [-0.15, -0.1) is 0 Å². The smallest absolute Gasteiger partial charge is 0.389 e. The zero-order valence-corrected chi connectivity index (χ0v) is 11.3. The summed E-state index contributed by atoms with van der Waals surface area (Å²) in [6.45, 7) is 3.80. The highest BCUT2D eigenvalue weighted by Gasteiger charge is 2.43. The van der Waals surface area contributed by atoms with Crippen molar-refractivity contribution < 1.29 is 31.1 Å². The summed E-state index contributed by atoms with van der Waals surface area (Å²) in [7, 11) is -3.98. The van der Waals surface area contributed by atoms with Crippen molar-refractivity contribution in [2.24, 2.45) is 0 Å². The van der Waals surface area contributed by atoms with Gasteiger partial charge in [0, 0.05) is 6.42 Å². The molecule has 108 valence electrons. The van der Waals surface area contributed by atoms with Crippen molar-refractivity contribution in [1.29, 1.82) is 0 Å². The maximum atomic E-state index is 11.9. The molecule has 0 radical (unpaired) electrons. The molecule has 0 spiro atoms. The molecule has 0 aliphatic rings. The van der Waals surface area contributed by atoms with Crippen molar-refractivity contribution in [1.82, 2.24) is 0 Å². The van der Waals surface area contributed by atoms with Crippen molar-refractivity contribution in [3.05, 3.63) is 0 Å². The van der Waals surface area contributed by atoms with Gasteiger partial charge in [0.25, 0.3) is 0 Å². The lowest BCUT2D eigenvalue weighted by Crippen LogP contribution is -2.43. The van der Waals surface area contributed by atoms with Gasteiger partial charge in [0.15, 0.2) is 14.6 Å². The Morgan fingerprint density at radius 1 is 1.22 bits per heavy atom. The fraction of sp³-hybridized carbons (Fsp3) is 0.900. The lowest BCUT2D eigenvalue weighted by Gasteiger charge is -2.22. The minimum absolute atomic E-state index is 0.0142.